The van der Waals surface area contributed by atoms with E-state index in [9.17, 15) is 4.39 Å². The van der Waals surface area contributed by atoms with Gasteiger partial charge < -0.3 is 10.5 Å². The molecule has 0 spiro atoms. The minimum Gasteiger partial charge on any atom is -0.377 e. The van der Waals surface area contributed by atoms with E-state index in [-0.39, 0.29) is 17.4 Å². The molecular formula is C13H20FNO. The number of hydrogen-bond donors (Lipinski definition) is 1. The van der Waals surface area contributed by atoms with Crippen LogP contribution in [-0.4, -0.2) is 25.9 Å². The molecule has 0 amide bonds. The number of alkyl halides is 1. The van der Waals surface area contributed by atoms with E-state index < -0.39 is 12.3 Å². The van der Waals surface area contributed by atoms with E-state index in [2.05, 4.69) is 26.0 Å². The number of methoxy groups -OCH3 is 1. The van der Waals surface area contributed by atoms with Crippen molar-refractivity contribution in [2.24, 2.45) is 16.6 Å². The lowest BCUT2D eigenvalue weighted by Gasteiger charge is -2.31. The van der Waals surface area contributed by atoms with Crippen molar-refractivity contribution in [2.75, 3.05) is 13.7 Å². The first-order chi connectivity index (χ1) is 7.38. The molecule has 0 bridgehead atoms. The first-order valence-electron chi connectivity index (χ1n) is 5.70. The van der Waals surface area contributed by atoms with E-state index in [0.29, 0.717) is 0 Å². The van der Waals surface area contributed by atoms with Gasteiger partial charge in [0.05, 0.1) is 0 Å². The summed E-state index contributed by atoms with van der Waals surface area (Å²) in [4.78, 5) is 0. The first kappa shape index (κ1) is 11.8. The number of hydrogen-bond acceptors (Lipinski definition) is 2. The molecule has 2 aliphatic carbocycles. The second kappa shape index (κ2) is 3.41. The number of rotatable bonds is 2. The third-order valence-corrected chi connectivity index (χ3v) is 4.01. The molecule has 3 heteroatoms. The van der Waals surface area contributed by atoms with E-state index in [4.69, 9.17) is 10.5 Å². The molecule has 0 aromatic carbocycles. The zero-order chi connectivity index (χ0) is 12.1. The molecule has 0 heterocycles. The average Bonchev–Trinajstić information content (AvgIpc) is 2.57. The smallest absolute Gasteiger partial charge is 0.150 e. The van der Waals surface area contributed by atoms with Crippen LogP contribution in [0.2, 0.25) is 0 Å². The van der Waals surface area contributed by atoms with Crippen molar-refractivity contribution in [1.29, 1.82) is 0 Å². The highest BCUT2D eigenvalue weighted by molar-refractivity contribution is 5.49. The molecule has 2 unspecified atom stereocenters. The molecule has 2 rings (SSSR count). The third kappa shape index (κ3) is 1.25. The van der Waals surface area contributed by atoms with Crippen molar-refractivity contribution in [1.82, 2.24) is 0 Å². The van der Waals surface area contributed by atoms with Crippen LogP contribution >= 0.6 is 0 Å². The standard InChI is InChI=1S/C13H20FNO/c1-12(2)5-6-13(3)10(12)8(7-15)9(14)11(13)16-4/h5-6,9,11H,7,15H2,1-4H3/t9?,11-,13?/m0/s1. The molecule has 16 heavy (non-hydrogen) atoms. The Morgan fingerprint density at radius 2 is 2.00 bits per heavy atom. The van der Waals surface area contributed by atoms with Crippen LogP contribution in [0.25, 0.3) is 0 Å². The minimum atomic E-state index is -1.07. The molecule has 3 atom stereocenters. The summed E-state index contributed by atoms with van der Waals surface area (Å²) in [5, 5.41) is 0. The van der Waals surface area contributed by atoms with Gasteiger partial charge in [0.15, 0.2) is 0 Å². The molecule has 0 aromatic heterocycles. The van der Waals surface area contributed by atoms with Crippen LogP contribution in [0.15, 0.2) is 23.3 Å². The lowest BCUT2D eigenvalue weighted by Crippen LogP contribution is -2.35. The molecule has 0 radical (unpaired) electrons. The van der Waals surface area contributed by atoms with Crippen molar-refractivity contribution in [3.05, 3.63) is 23.3 Å². The summed E-state index contributed by atoms with van der Waals surface area (Å²) >= 11 is 0. The van der Waals surface area contributed by atoms with E-state index >= 15 is 0 Å². The lowest BCUT2D eigenvalue weighted by molar-refractivity contribution is 0.00658. The van der Waals surface area contributed by atoms with Gasteiger partial charge in [-0.2, -0.15) is 0 Å². The van der Waals surface area contributed by atoms with Gasteiger partial charge in [0.1, 0.15) is 12.3 Å². The number of allylic oxidation sites excluding steroid dienone is 1. The van der Waals surface area contributed by atoms with E-state index in [0.717, 1.165) is 11.1 Å². The molecular weight excluding hydrogens is 205 g/mol. The van der Waals surface area contributed by atoms with Crippen molar-refractivity contribution in [2.45, 2.75) is 33.0 Å². The van der Waals surface area contributed by atoms with Crippen molar-refractivity contribution in [3.63, 3.8) is 0 Å². The lowest BCUT2D eigenvalue weighted by atomic mass is 9.75. The summed E-state index contributed by atoms with van der Waals surface area (Å²) in [6.07, 6.45) is 2.71. The van der Waals surface area contributed by atoms with Gasteiger partial charge in [0.2, 0.25) is 0 Å². The van der Waals surface area contributed by atoms with Gasteiger partial charge in [-0.15, -0.1) is 0 Å². The Labute approximate surface area is 96.3 Å². The molecule has 0 fully saturated rings. The maximum Gasteiger partial charge on any atom is 0.150 e. The first-order valence-corrected chi connectivity index (χ1v) is 5.70. The van der Waals surface area contributed by atoms with Crippen molar-refractivity contribution in [3.8, 4) is 0 Å². The van der Waals surface area contributed by atoms with Crippen LogP contribution in [0.3, 0.4) is 0 Å². The van der Waals surface area contributed by atoms with Gasteiger partial charge in [-0.05, 0) is 18.1 Å². The molecule has 0 saturated carbocycles. The van der Waals surface area contributed by atoms with Crippen LogP contribution < -0.4 is 5.73 Å². The molecule has 90 valence electrons. The Balaban J connectivity index is 2.57. The normalized spacial score (nSPS) is 40.6. The number of halogens is 1. The highest BCUT2D eigenvalue weighted by atomic mass is 19.1. The number of nitrogens with two attached hydrogens (primary N) is 1. The van der Waals surface area contributed by atoms with Crippen molar-refractivity contribution >= 4 is 0 Å². The minimum absolute atomic E-state index is 0.110. The second-order valence-corrected chi connectivity index (χ2v) is 5.50. The quantitative estimate of drug-likeness (QED) is 0.731. The summed E-state index contributed by atoms with van der Waals surface area (Å²) in [5.41, 5.74) is 7.10. The van der Waals surface area contributed by atoms with E-state index in [1.165, 1.54) is 0 Å². The Hall–Kier alpha value is -0.670. The zero-order valence-electron chi connectivity index (χ0n) is 10.4. The summed E-state index contributed by atoms with van der Waals surface area (Å²) in [7, 11) is 1.57. The maximum atomic E-state index is 14.3. The predicted octanol–water partition coefficient (Wildman–Crippen LogP) is 2.21. The van der Waals surface area contributed by atoms with E-state index in [1.54, 1.807) is 7.11 Å². The fraction of sp³-hybridized carbons (Fsp3) is 0.692. The molecule has 0 saturated heterocycles. The summed E-state index contributed by atoms with van der Waals surface area (Å²) in [5.74, 6) is 0. The molecule has 2 N–H and O–H groups in total. The Bertz CT molecular complexity index is 372. The topological polar surface area (TPSA) is 35.2 Å². The van der Waals surface area contributed by atoms with Crippen LogP contribution in [0, 0.1) is 10.8 Å². The fourth-order valence-corrected chi connectivity index (χ4v) is 3.44. The number of fused-ring (bicyclic) bond motifs is 1. The Morgan fingerprint density at radius 3 is 2.50 bits per heavy atom. The van der Waals surface area contributed by atoms with Gasteiger partial charge in [-0.25, -0.2) is 4.39 Å². The summed E-state index contributed by atoms with van der Waals surface area (Å²) in [6, 6.07) is 0. The van der Waals surface area contributed by atoms with Crippen LogP contribution in [0.5, 0.6) is 0 Å². The van der Waals surface area contributed by atoms with Gasteiger partial charge in [0, 0.05) is 24.5 Å². The monoisotopic (exact) mass is 225 g/mol. The highest BCUT2D eigenvalue weighted by Gasteiger charge is 2.56. The van der Waals surface area contributed by atoms with Crippen LogP contribution in [0.4, 0.5) is 4.39 Å². The molecule has 2 aliphatic rings. The molecule has 2 nitrogen and oxygen atoms in total. The Morgan fingerprint density at radius 1 is 1.38 bits per heavy atom. The summed E-state index contributed by atoms with van der Waals surface area (Å²) < 4.78 is 19.6. The van der Waals surface area contributed by atoms with E-state index in [1.807, 2.05) is 6.92 Å². The molecule has 0 aromatic rings. The predicted molar refractivity (Wildman–Crippen MR) is 62.8 cm³/mol. The van der Waals surface area contributed by atoms with Gasteiger partial charge in [-0.1, -0.05) is 26.0 Å². The van der Waals surface area contributed by atoms with Crippen molar-refractivity contribution < 1.29 is 9.13 Å². The average molecular weight is 225 g/mol. The summed E-state index contributed by atoms with van der Waals surface area (Å²) in [6.45, 7) is 6.52. The van der Waals surface area contributed by atoms with Gasteiger partial charge in [-0.3, -0.25) is 0 Å². The van der Waals surface area contributed by atoms with Crippen LogP contribution in [0.1, 0.15) is 20.8 Å². The maximum absolute atomic E-state index is 14.3. The van der Waals surface area contributed by atoms with Gasteiger partial charge in [0.25, 0.3) is 0 Å². The highest BCUT2D eigenvalue weighted by Crippen LogP contribution is 2.58. The second-order valence-electron chi connectivity index (χ2n) is 5.50. The SMILES string of the molecule is CO[C@H]1C(F)C(CN)=C2C(C)(C)C=CC21C. The number of ether oxygens (including phenoxy) is 1. The third-order valence-electron chi connectivity index (χ3n) is 4.01. The largest absolute Gasteiger partial charge is 0.377 e. The fourth-order valence-electron chi connectivity index (χ4n) is 3.44. The Kier molecular flexibility index (Phi) is 2.52. The van der Waals surface area contributed by atoms with Crippen LogP contribution in [-0.2, 0) is 4.74 Å². The molecule has 0 aliphatic heterocycles. The zero-order valence-corrected chi connectivity index (χ0v) is 10.4. The van der Waals surface area contributed by atoms with Gasteiger partial charge >= 0.3 is 0 Å².